The first-order valence-corrected chi connectivity index (χ1v) is 11.2. The molecule has 2 heterocycles. The molecule has 1 aliphatic carbocycles. The summed E-state index contributed by atoms with van der Waals surface area (Å²) in [5.74, 6) is -0.145. The fourth-order valence-corrected chi connectivity index (χ4v) is 4.15. The van der Waals surface area contributed by atoms with Gasteiger partial charge in [0.1, 0.15) is 0 Å². The van der Waals surface area contributed by atoms with E-state index in [9.17, 15) is 14.7 Å². The van der Waals surface area contributed by atoms with Gasteiger partial charge in [0, 0.05) is 43.6 Å². The van der Waals surface area contributed by atoms with E-state index in [2.05, 4.69) is 10.4 Å². The molecule has 4 rings (SSSR count). The van der Waals surface area contributed by atoms with E-state index in [0.717, 1.165) is 24.0 Å². The number of amides is 2. The number of aliphatic hydroxyl groups excluding tert-OH is 1. The van der Waals surface area contributed by atoms with Crippen LogP contribution in [0.5, 0.6) is 0 Å². The van der Waals surface area contributed by atoms with Gasteiger partial charge < -0.3 is 24.8 Å². The molecule has 178 valence electrons. The number of aliphatic hydroxyl groups is 1. The highest BCUT2D eigenvalue weighted by molar-refractivity contribution is 6.05. The molecule has 2 atom stereocenters. The Morgan fingerprint density at radius 1 is 1.24 bits per heavy atom. The van der Waals surface area contributed by atoms with Gasteiger partial charge in [0.2, 0.25) is 12.3 Å². The molecule has 1 unspecified atom stereocenters. The van der Waals surface area contributed by atoms with Gasteiger partial charge in [-0.05, 0) is 45.7 Å². The zero-order valence-corrected chi connectivity index (χ0v) is 19.6. The van der Waals surface area contributed by atoms with Crippen molar-refractivity contribution in [1.29, 1.82) is 0 Å². The summed E-state index contributed by atoms with van der Waals surface area (Å²) in [5, 5.41) is 17.6. The van der Waals surface area contributed by atoms with E-state index in [0.29, 0.717) is 29.6 Å². The molecule has 2 N–H and O–H groups in total. The lowest BCUT2D eigenvalue weighted by Crippen LogP contribution is -2.51. The number of anilines is 3. The van der Waals surface area contributed by atoms with Crippen LogP contribution in [-0.2, 0) is 14.3 Å². The molecule has 0 bridgehead atoms. The molecule has 1 saturated carbocycles. The van der Waals surface area contributed by atoms with Crippen molar-refractivity contribution in [1.82, 2.24) is 9.78 Å². The average Bonchev–Trinajstić information content (AvgIpc) is 3.48. The van der Waals surface area contributed by atoms with Gasteiger partial charge in [-0.15, -0.1) is 0 Å². The van der Waals surface area contributed by atoms with Gasteiger partial charge in [-0.1, -0.05) is 0 Å². The quantitative estimate of drug-likeness (QED) is 0.641. The predicted octanol–water partition coefficient (Wildman–Crippen LogP) is 3.33. The van der Waals surface area contributed by atoms with Crippen LogP contribution >= 0.6 is 0 Å². The number of nitrogens with zero attached hydrogens (tertiary/aromatic N) is 4. The van der Waals surface area contributed by atoms with Gasteiger partial charge in [0.05, 0.1) is 35.8 Å². The fraction of sp³-hybridized carbons (Fsp3) is 0.522. The molecule has 1 aromatic carbocycles. The highest BCUT2D eigenvalue weighted by atomic mass is 16.6. The van der Waals surface area contributed by atoms with Crippen molar-refractivity contribution < 1.29 is 24.2 Å². The zero-order valence-electron chi connectivity index (χ0n) is 19.6. The van der Waals surface area contributed by atoms with Crippen molar-refractivity contribution in [2.24, 2.45) is 0 Å². The van der Waals surface area contributed by atoms with Crippen molar-refractivity contribution in [3.8, 4) is 11.1 Å². The lowest BCUT2D eigenvalue weighted by Gasteiger charge is -2.41. The molecule has 0 saturated heterocycles. The molecule has 1 aromatic heterocycles. The monoisotopic (exact) mass is 457 g/mol. The third-order valence-electron chi connectivity index (χ3n) is 5.78. The maximum Gasteiger partial charge on any atom is 0.414 e. The first-order valence-electron chi connectivity index (χ1n) is 11.2. The van der Waals surface area contributed by atoms with Crippen molar-refractivity contribution in [3.05, 3.63) is 24.5 Å². The van der Waals surface area contributed by atoms with Gasteiger partial charge in [-0.3, -0.25) is 14.4 Å². The van der Waals surface area contributed by atoms with Gasteiger partial charge >= 0.3 is 6.09 Å². The van der Waals surface area contributed by atoms with E-state index in [1.807, 2.05) is 23.9 Å². The van der Waals surface area contributed by atoms with Crippen LogP contribution in [0.3, 0.4) is 0 Å². The number of hydrogen-bond acceptors (Lipinski definition) is 7. The van der Waals surface area contributed by atoms with Gasteiger partial charge in [0.25, 0.3) is 0 Å². The lowest BCUT2D eigenvalue weighted by molar-refractivity contribution is -0.117. The Morgan fingerprint density at radius 2 is 1.97 bits per heavy atom. The summed E-state index contributed by atoms with van der Waals surface area (Å²) in [4.78, 5) is 28.7. The maximum atomic E-state index is 13.0. The number of hydrogen-bond donors (Lipinski definition) is 2. The normalized spacial score (nSPS) is 18.8. The number of fused-ring (bicyclic) bond motifs is 1. The molecular formula is C23H31N5O5. The minimum absolute atomic E-state index is 0.145. The molecule has 2 aliphatic rings. The molecule has 10 heteroatoms. The molecular weight excluding hydrogens is 426 g/mol. The van der Waals surface area contributed by atoms with E-state index in [1.54, 1.807) is 35.9 Å². The molecule has 33 heavy (non-hydrogen) atoms. The zero-order chi connectivity index (χ0) is 23.9. The first-order chi connectivity index (χ1) is 15.7. The SMILES string of the molecule is COC(O)Nc1cc2c(cc1-c1cnn(C3CC3)c1)N(C(=O)OC(C)C)C[C@H](C)N2C(C)=O. The number of benzene rings is 1. The number of carbonyl (C=O) groups excluding carboxylic acids is 2. The smallest absolute Gasteiger partial charge is 0.414 e. The largest absolute Gasteiger partial charge is 0.446 e. The summed E-state index contributed by atoms with van der Waals surface area (Å²) in [7, 11) is 1.38. The predicted molar refractivity (Wildman–Crippen MR) is 124 cm³/mol. The highest BCUT2D eigenvalue weighted by Gasteiger charge is 2.36. The molecule has 1 aliphatic heterocycles. The topological polar surface area (TPSA) is 109 Å². The van der Waals surface area contributed by atoms with Crippen LogP contribution < -0.4 is 15.1 Å². The first kappa shape index (κ1) is 23.1. The van der Waals surface area contributed by atoms with E-state index in [-0.39, 0.29) is 18.1 Å². The molecule has 0 radical (unpaired) electrons. The number of aromatic nitrogens is 2. The van der Waals surface area contributed by atoms with E-state index in [4.69, 9.17) is 9.47 Å². The van der Waals surface area contributed by atoms with Gasteiger partial charge in [0.15, 0.2) is 0 Å². The van der Waals surface area contributed by atoms with E-state index >= 15 is 0 Å². The van der Waals surface area contributed by atoms with Crippen LogP contribution in [0.25, 0.3) is 11.1 Å². The second-order valence-electron chi connectivity index (χ2n) is 8.84. The van der Waals surface area contributed by atoms with E-state index in [1.165, 1.54) is 14.0 Å². The Bertz CT molecular complexity index is 1050. The lowest BCUT2D eigenvalue weighted by atomic mass is 10.0. The Labute approximate surface area is 193 Å². The third kappa shape index (κ3) is 4.67. The van der Waals surface area contributed by atoms with Crippen LogP contribution in [0.1, 0.15) is 46.6 Å². The summed E-state index contributed by atoms with van der Waals surface area (Å²) in [6.07, 6.45) is 3.89. The van der Waals surface area contributed by atoms with Crippen LogP contribution in [0.15, 0.2) is 24.5 Å². The van der Waals surface area contributed by atoms with Crippen molar-refractivity contribution >= 4 is 29.1 Å². The van der Waals surface area contributed by atoms with Crippen LogP contribution in [0, 0.1) is 0 Å². The second-order valence-corrected chi connectivity index (χ2v) is 8.84. The maximum absolute atomic E-state index is 13.0. The average molecular weight is 458 g/mol. The number of nitrogens with one attached hydrogen (secondary N) is 1. The molecule has 2 aromatic rings. The van der Waals surface area contributed by atoms with E-state index < -0.39 is 12.5 Å². The van der Waals surface area contributed by atoms with Crippen LogP contribution in [0.2, 0.25) is 0 Å². The number of rotatable bonds is 6. The highest BCUT2D eigenvalue weighted by Crippen LogP contribution is 2.44. The molecule has 0 spiro atoms. The van der Waals surface area contributed by atoms with Crippen molar-refractivity contribution in [2.45, 2.75) is 65.1 Å². The Hall–Kier alpha value is -3.11. The van der Waals surface area contributed by atoms with Gasteiger partial charge in [-0.25, -0.2) is 4.79 Å². The summed E-state index contributed by atoms with van der Waals surface area (Å²) in [5.41, 5.74) is 3.19. The standard InChI is InChI=1S/C23H31N5O5/c1-13(2)33-23(31)26-11-14(3)28(15(4)29)21-9-19(25-22(30)32-5)18(8-20(21)26)16-10-24-27(12-16)17-6-7-17/h8-10,12-14,17,22,25,30H,6-7,11H2,1-5H3/t14-,22?/m0/s1. The number of carbonyl (C=O) groups is 2. The van der Waals surface area contributed by atoms with Gasteiger partial charge in [-0.2, -0.15) is 5.10 Å². The minimum Gasteiger partial charge on any atom is -0.446 e. The molecule has 1 fully saturated rings. The third-order valence-corrected chi connectivity index (χ3v) is 5.78. The Kier molecular flexibility index (Phi) is 6.31. The number of ether oxygens (including phenoxy) is 2. The van der Waals surface area contributed by atoms with Crippen molar-refractivity contribution in [3.63, 3.8) is 0 Å². The molecule has 10 nitrogen and oxygen atoms in total. The number of methoxy groups -OCH3 is 1. The molecule has 2 amide bonds. The Balaban J connectivity index is 1.87. The Morgan fingerprint density at radius 3 is 2.58 bits per heavy atom. The second kappa shape index (κ2) is 9.03. The van der Waals surface area contributed by atoms with Crippen molar-refractivity contribution in [2.75, 3.05) is 28.8 Å². The summed E-state index contributed by atoms with van der Waals surface area (Å²) >= 11 is 0. The summed E-state index contributed by atoms with van der Waals surface area (Å²) in [6.45, 7) is 7.26. The van der Waals surface area contributed by atoms with Crippen LogP contribution in [-0.4, -0.2) is 59.1 Å². The fourth-order valence-electron chi connectivity index (χ4n) is 4.15. The van der Waals surface area contributed by atoms with Crippen LogP contribution in [0.4, 0.5) is 21.9 Å². The minimum atomic E-state index is -1.26. The summed E-state index contributed by atoms with van der Waals surface area (Å²) in [6, 6.07) is 3.73. The summed E-state index contributed by atoms with van der Waals surface area (Å²) < 4.78 is 12.4.